The van der Waals surface area contributed by atoms with E-state index < -0.39 is 0 Å². The topological polar surface area (TPSA) is 76.5 Å². The van der Waals surface area contributed by atoms with Gasteiger partial charge in [0.1, 0.15) is 5.01 Å². The van der Waals surface area contributed by atoms with Gasteiger partial charge in [-0.15, -0.1) is 15.3 Å². The Bertz CT molecular complexity index is 587. The second kappa shape index (κ2) is 4.43. The van der Waals surface area contributed by atoms with E-state index in [2.05, 4.69) is 20.4 Å². The van der Waals surface area contributed by atoms with Crippen molar-refractivity contribution < 1.29 is 0 Å². The molecule has 2 aromatic rings. The largest absolute Gasteiger partial charge is 0.344 e. The van der Waals surface area contributed by atoms with Gasteiger partial charge in [-0.2, -0.15) is 0 Å². The molecule has 0 atom stereocenters. The van der Waals surface area contributed by atoms with Crippen LogP contribution >= 0.6 is 34.7 Å². The fourth-order valence-electron chi connectivity index (χ4n) is 1.46. The van der Waals surface area contributed by atoms with Gasteiger partial charge in [0.15, 0.2) is 5.16 Å². The van der Waals surface area contributed by atoms with Gasteiger partial charge < -0.3 is 0 Å². The highest BCUT2D eigenvalue weighted by molar-refractivity contribution is 7.98. The molecule has 0 bridgehead atoms. The third-order valence-electron chi connectivity index (χ3n) is 2.35. The van der Waals surface area contributed by atoms with E-state index in [1.54, 1.807) is 4.57 Å². The number of thioether (sulfide) groups is 1. The van der Waals surface area contributed by atoms with Crippen molar-refractivity contribution in [3.63, 3.8) is 0 Å². The minimum absolute atomic E-state index is 0.134. The van der Waals surface area contributed by atoms with Gasteiger partial charge in [-0.05, 0) is 24.4 Å². The number of rotatable bonds is 4. The second-order valence-electron chi connectivity index (χ2n) is 3.65. The molecule has 2 heterocycles. The van der Waals surface area contributed by atoms with Crippen LogP contribution in [0.4, 0.5) is 0 Å². The molecule has 0 aromatic carbocycles. The van der Waals surface area contributed by atoms with Crippen LogP contribution in [0.15, 0.2) is 9.95 Å². The molecule has 1 aliphatic rings. The number of halogens is 1. The summed E-state index contributed by atoms with van der Waals surface area (Å²) in [6.07, 6.45) is 2.11. The zero-order chi connectivity index (χ0) is 11.8. The molecule has 0 spiro atoms. The van der Waals surface area contributed by atoms with Crippen LogP contribution in [0.1, 0.15) is 23.9 Å². The first kappa shape index (κ1) is 11.2. The molecule has 9 heteroatoms. The molecule has 1 fully saturated rings. The Morgan fingerprint density at radius 2 is 2.35 bits per heavy atom. The lowest BCUT2D eigenvalue weighted by Gasteiger charge is -2.00. The van der Waals surface area contributed by atoms with Crippen LogP contribution in [0, 0.1) is 0 Å². The summed E-state index contributed by atoms with van der Waals surface area (Å²) in [7, 11) is 0. The lowest BCUT2D eigenvalue weighted by atomic mass is 10.7. The fraction of sp³-hybridized carbons (Fsp3) is 0.500. The van der Waals surface area contributed by atoms with E-state index in [1.165, 1.54) is 23.1 Å². The quantitative estimate of drug-likeness (QED) is 0.867. The maximum atomic E-state index is 11.5. The van der Waals surface area contributed by atoms with Gasteiger partial charge in [0.05, 0.1) is 5.75 Å². The Morgan fingerprint density at radius 3 is 3.00 bits per heavy atom. The van der Waals surface area contributed by atoms with Crippen LogP contribution in [-0.4, -0.2) is 25.0 Å². The molecule has 0 radical (unpaired) electrons. The molecule has 6 nitrogen and oxygen atoms in total. The number of aromatic nitrogens is 5. The van der Waals surface area contributed by atoms with E-state index in [0.29, 0.717) is 21.4 Å². The van der Waals surface area contributed by atoms with Crippen LogP contribution in [0.25, 0.3) is 0 Å². The number of aromatic amines is 1. The molecular weight excluding hydrogens is 282 g/mol. The van der Waals surface area contributed by atoms with Gasteiger partial charge in [-0.3, -0.25) is 4.57 Å². The van der Waals surface area contributed by atoms with Crippen LogP contribution in [-0.2, 0) is 5.75 Å². The monoisotopic (exact) mass is 289 g/mol. The van der Waals surface area contributed by atoms with Gasteiger partial charge in [-0.1, -0.05) is 23.1 Å². The standard InChI is InChI=1S/C8H8ClN5OS2/c9-6-11-10-5(17-6)3-16-8-13-12-7(15)14(8)4-1-2-4/h4H,1-3H2,(H,12,15). The van der Waals surface area contributed by atoms with Crippen molar-refractivity contribution in [1.29, 1.82) is 0 Å². The zero-order valence-electron chi connectivity index (χ0n) is 8.59. The summed E-state index contributed by atoms with van der Waals surface area (Å²) in [6, 6.07) is 0.321. The van der Waals surface area contributed by atoms with Crippen LogP contribution in [0.3, 0.4) is 0 Å². The normalized spacial score (nSPS) is 15.4. The molecule has 1 N–H and O–H groups in total. The van der Waals surface area contributed by atoms with E-state index in [4.69, 9.17) is 11.6 Å². The molecule has 3 rings (SSSR count). The number of nitrogens with one attached hydrogen (secondary N) is 1. The minimum Gasteiger partial charge on any atom is -0.267 e. The predicted octanol–water partition coefficient (Wildman–Crippen LogP) is 1.70. The van der Waals surface area contributed by atoms with E-state index in [0.717, 1.165) is 17.8 Å². The van der Waals surface area contributed by atoms with Crippen molar-refractivity contribution in [3.05, 3.63) is 20.0 Å². The zero-order valence-corrected chi connectivity index (χ0v) is 11.0. The van der Waals surface area contributed by atoms with Gasteiger partial charge in [0.2, 0.25) is 4.47 Å². The summed E-state index contributed by atoms with van der Waals surface area (Å²) in [5.41, 5.74) is -0.134. The van der Waals surface area contributed by atoms with Crippen LogP contribution in [0.5, 0.6) is 0 Å². The van der Waals surface area contributed by atoms with E-state index in [1.807, 2.05) is 0 Å². The van der Waals surface area contributed by atoms with E-state index in [-0.39, 0.29) is 5.69 Å². The van der Waals surface area contributed by atoms with Crippen molar-refractivity contribution in [2.75, 3.05) is 0 Å². The Hall–Kier alpha value is -0.860. The molecule has 90 valence electrons. The smallest absolute Gasteiger partial charge is 0.267 e. The summed E-state index contributed by atoms with van der Waals surface area (Å²) >= 11 is 8.51. The molecular formula is C8H8ClN5OS2. The highest BCUT2D eigenvalue weighted by Crippen LogP contribution is 2.36. The first-order valence-electron chi connectivity index (χ1n) is 5.01. The second-order valence-corrected chi connectivity index (χ2v) is 6.24. The Balaban J connectivity index is 1.75. The van der Waals surface area contributed by atoms with Crippen LogP contribution in [0.2, 0.25) is 4.47 Å². The highest BCUT2D eigenvalue weighted by Gasteiger charge is 2.28. The number of H-pyrrole nitrogens is 1. The van der Waals surface area contributed by atoms with Gasteiger partial charge in [-0.25, -0.2) is 9.89 Å². The van der Waals surface area contributed by atoms with Gasteiger partial charge >= 0.3 is 5.69 Å². The van der Waals surface area contributed by atoms with E-state index >= 15 is 0 Å². The molecule has 0 saturated heterocycles. The molecule has 2 aromatic heterocycles. The summed E-state index contributed by atoms with van der Waals surface area (Å²) < 4.78 is 2.15. The Labute approximate surface area is 109 Å². The van der Waals surface area contributed by atoms with Crippen LogP contribution < -0.4 is 5.69 Å². The SMILES string of the molecule is O=c1[nH]nc(SCc2nnc(Cl)s2)n1C1CC1. The molecule has 17 heavy (non-hydrogen) atoms. The summed E-state index contributed by atoms with van der Waals surface area (Å²) in [5.74, 6) is 0.626. The van der Waals surface area contributed by atoms with E-state index in [9.17, 15) is 4.79 Å². The Kier molecular flexibility index (Phi) is 2.93. The third-order valence-corrected chi connectivity index (χ3v) is 4.52. The first-order chi connectivity index (χ1) is 8.24. The van der Waals surface area contributed by atoms with Crippen molar-refractivity contribution >= 4 is 34.7 Å². The highest BCUT2D eigenvalue weighted by atomic mass is 35.5. The van der Waals surface area contributed by atoms with Crippen molar-refractivity contribution in [1.82, 2.24) is 25.0 Å². The maximum Gasteiger partial charge on any atom is 0.344 e. The van der Waals surface area contributed by atoms with Crippen molar-refractivity contribution in [3.8, 4) is 0 Å². The summed E-state index contributed by atoms with van der Waals surface area (Å²) in [5, 5.41) is 15.7. The maximum absolute atomic E-state index is 11.5. The first-order valence-corrected chi connectivity index (χ1v) is 7.19. The Morgan fingerprint density at radius 1 is 1.53 bits per heavy atom. The summed E-state index contributed by atoms with van der Waals surface area (Å²) in [4.78, 5) is 11.5. The third kappa shape index (κ3) is 2.38. The molecule has 0 amide bonds. The number of nitrogens with zero attached hydrogens (tertiary/aromatic N) is 4. The lowest BCUT2D eigenvalue weighted by molar-refractivity contribution is 0.642. The molecule has 1 saturated carbocycles. The number of hydrogen-bond acceptors (Lipinski definition) is 6. The molecule has 0 unspecified atom stereocenters. The molecule has 1 aliphatic carbocycles. The number of hydrogen-bond donors (Lipinski definition) is 1. The van der Waals surface area contributed by atoms with Gasteiger partial charge in [0.25, 0.3) is 0 Å². The van der Waals surface area contributed by atoms with Gasteiger partial charge in [0, 0.05) is 6.04 Å². The average Bonchev–Trinajstić information content (AvgIpc) is 2.95. The minimum atomic E-state index is -0.134. The lowest BCUT2D eigenvalue weighted by Crippen LogP contribution is -2.16. The van der Waals surface area contributed by atoms with Crippen molar-refractivity contribution in [2.24, 2.45) is 0 Å². The molecule has 0 aliphatic heterocycles. The fourth-order valence-corrected chi connectivity index (χ4v) is 3.33. The van der Waals surface area contributed by atoms with Crippen molar-refractivity contribution in [2.45, 2.75) is 29.8 Å². The summed E-state index contributed by atoms with van der Waals surface area (Å²) in [6.45, 7) is 0. The average molecular weight is 290 g/mol. The predicted molar refractivity (Wildman–Crippen MR) is 65.6 cm³/mol.